The third-order valence-electron chi connectivity index (χ3n) is 6.57. The lowest BCUT2D eigenvalue weighted by Crippen LogP contribution is -2.39. The molecule has 2 N–H and O–H groups in total. The van der Waals surface area contributed by atoms with Crippen molar-refractivity contribution in [2.75, 3.05) is 13.2 Å². The van der Waals surface area contributed by atoms with Crippen LogP contribution in [-0.4, -0.2) is 51.9 Å². The number of aliphatic hydroxyl groups is 1. The largest absolute Gasteiger partial charge is 0.494 e. The predicted octanol–water partition coefficient (Wildman–Crippen LogP) is 3.37. The maximum Gasteiger partial charge on any atom is 0.251 e. The van der Waals surface area contributed by atoms with Crippen LogP contribution in [0.4, 0.5) is 5.69 Å². The highest BCUT2D eigenvalue weighted by molar-refractivity contribution is 6.07. The molecule has 2 aliphatic heterocycles. The van der Waals surface area contributed by atoms with Crippen molar-refractivity contribution in [3.8, 4) is 5.75 Å². The van der Waals surface area contributed by atoms with Gasteiger partial charge in [-0.05, 0) is 35.7 Å². The smallest absolute Gasteiger partial charge is 0.251 e. The monoisotopic (exact) mass is 498 g/mol. The highest BCUT2D eigenvalue weighted by Crippen LogP contribution is 2.32. The van der Waals surface area contributed by atoms with Gasteiger partial charge in [-0.1, -0.05) is 60.7 Å². The first-order valence-corrected chi connectivity index (χ1v) is 12.5. The van der Waals surface area contributed by atoms with E-state index in [4.69, 9.17) is 4.74 Å². The Morgan fingerprint density at radius 1 is 1.03 bits per heavy atom. The third kappa shape index (κ3) is 5.81. The van der Waals surface area contributed by atoms with E-state index in [0.717, 1.165) is 22.4 Å². The van der Waals surface area contributed by atoms with E-state index in [-0.39, 0.29) is 18.4 Å². The molecule has 0 bridgehead atoms. The van der Waals surface area contributed by atoms with Crippen LogP contribution in [0, 0.1) is 0 Å². The number of benzene rings is 3. The number of aliphatic imine (C=N–C) groups is 1. The maximum atomic E-state index is 13.1. The van der Waals surface area contributed by atoms with Gasteiger partial charge in [-0.2, -0.15) is 0 Å². The van der Waals surface area contributed by atoms with Crippen molar-refractivity contribution < 1.29 is 19.4 Å². The van der Waals surface area contributed by atoms with Gasteiger partial charge in [0.25, 0.3) is 5.91 Å². The highest BCUT2D eigenvalue weighted by Gasteiger charge is 2.38. The van der Waals surface area contributed by atoms with Crippen LogP contribution in [0.2, 0.25) is 0 Å². The van der Waals surface area contributed by atoms with Crippen molar-refractivity contribution >= 4 is 23.5 Å². The topological polar surface area (TPSA) is 94.5 Å². The van der Waals surface area contributed by atoms with Crippen LogP contribution < -0.4 is 10.1 Å². The van der Waals surface area contributed by atoms with E-state index < -0.39 is 6.04 Å². The van der Waals surface area contributed by atoms with Gasteiger partial charge in [0, 0.05) is 31.6 Å². The van der Waals surface area contributed by atoms with Gasteiger partial charge in [-0.15, -0.1) is 0 Å². The maximum absolute atomic E-state index is 13.1. The second kappa shape index (κ2) is 11.3. The molecule has 0 aliphatic carbocycles. The molecule has 1 unspecified atom stereocenters. The van der Waals surface area contributed by atoms with Crippen LogP contribution in [0.15, 0.2) is 83.9 Å². The summed E-state index contributed by atoms with van der Waals surface area (Å²) in [4.78, 5) is 33.3. The summed E-state index contributed by atoms with van der Waals surface area (Å²) in [6.07, 6.45) is 0.980. The van der Waals surface area contributed by atoms with Crippen LogP contribution in [0.1, 0.15) is 29.5 Å². The van der Waals surface area contributed by atoms with Crippen LogP contribution in [-0.2, 0) is 29.2 Å². The fourth-order valence-corrected chi connectivity index (χ4v) is 4.61. The molecule has 8 heteroatoms. The molecule has 0 radical (unpaired) electrons. The Bertz CT molecular complexity index is 1240. The molecule has 1 fully saturated rings. The number of ether oxygens (including phenoxy) is 1. The third-order valence-corrected chi connectivity index (χ3v) is 6.57. The molecule has 2 amide bonds. The number of hydrogen-bond acceptors (Lipinski definition) is 6. The summed E-state index contributed by atoms with van der Waals surface area (Å²) in [6, 6.07) is 25.0. The van der Waals surface area contributed by atoms with Gasteiger partial charge < -0.3 is 19.6 Å². The van der Waals surface area contributed by atoms with E-state index in [0.29, 0.717) is 50.8 Å². The van der Waals surface area contributed by atoms with Crippen molar-refractivity contribution in [2.24, 2.45) is 4.99 Å². The van der Waals surface area contributed by atoms with Gasteiger partial charge in [0.05, 0.1) is 18.9 Å². The molecule has 5 rings (SSSR count). The zero-order valence-corrected chi connectivity index (χ0v) is 20.5. The number of nitrogens with zero attached hydrogens (tertiary/aromatic N) is 3. The Balaban J connectivity index is 1.16. The van der Waals surface area contributed by atoms with Gasteiger partial charge in [-0.25, -0.2) is 4.99 Å². The van der Waals surface area contributed by atoms with Gasteiger partial charge in [0.1, 0.15) is 11.8 Å². The van der Waals surface area contributed by atoms with Crippen LogP contribution in [0.25, 0.3) is 0 Å². The number of aliphatic hydroxyl groups excluding tert-OH is 1. The molecular weight excluding hydrogens is 468 g/mol. The fourth-order valence-electron chi connectivity index (χ4n) is 4.61. The summed E-state index contributed by atoms with van der Waals surface area (Å²) in [5.41, 5.74) is 3.89. The summed E-state index contributed by atoms with van der Waals surface area (Å²) >= 11 is 0. The molecule has 1 saturated heterocycles. The van der Waals surface area contributed by atoms with Gasteiger partial charge >= 0.3 is 0 Å². The number of carbonyl (C=O) groups excluding carboxylic acids is 2. The predicted molar refractivity (Wildman–Crippen MR) is 140 cm³/mol. The molecule has 0 aromatic heterocycles. The Hall–Kier alpha value is -4.17. The minimum atomic E-state index is -0.628. The molecule has 2 heterocycles. The van der Waals surface area contributed by atoms with Crippen LogP contribution >= 0.6 is 0 Å². The van der Waals surface area contributed by atoms with E-state index in [2.05, 4.69) is 10.3 Å². The zero-order valence-electron chi connectivity index (χ0n) is 20.5. The molecule has 1 atom stereocenters. The summed E-state index contributed by atoms with van der Waals surface area (Å²) in [6.45, 7) is 1.72. The van der Waals surface area contributed by atoms with Crippen LogP contribution in [0.5, 0.6) is 5.75 Å². The summed E-state index contributed by atoms with van der Waals surface area (Å²) in [5, 5.41) is 12.3. The van der Waals surface area contributed by atoms with Crippen LogP contribution in [0.3, 0.4) is 0 Å². The lowest BCUT2D eigenvalue weighted by molar-refractivity contribution is -0.132. The normalized spacial score (nSPS) is 15.9. The number of guanidine groups is 1. The van der Waals surface area contributed by atoms with E-state index >= 15 is 0 Å². The molecule has 0 saturated carbocycles. The first-order valence-electron chi connectivity index (χ1n) is 12.5. The fraction of sp³-hybridized carbons (Fsp3) is 0.276. The number of carbonyl (C=O) groups is 2. The highest BCUT2D eigenvalue weighted by atomic mass is 16.5. The van der Waals surface area contributed by atoms with E-state index in [1.54, 1.807) is 4.90 Å². The Morgan fingerprint density at radius 2 is 1.70 bits per heavy atom. The summed E-state index contributed by atoms with van der Waals surface area (Å²) < 4.78 is 5.95. The number of fused-ring (bicyclic) bond motifs is 2. The summed E-state index contributed by atoms with van der Waals surface area (Å²) in [5.74, 6) is 1.00. The minimum Gasteiger partial charge on any atom is -0.494 e. The molecule has 37 heavy (non-hydrogen) atoms. The number of amides is 2. The average Bonchev–Trinajstić information content (AvgIpc) is 3.23. The Labute approximate surface area is 216 Å². The van der Waals surface area contributed by atoms with Gasteiger partial charge in [-0.3, -0.25) is 14.9 Å². The van der Waals surface area contributed by atoms with Crippen molar-refractivity contribution in [3.05, 3.63) is 95.6 Å². The first kappa shape index (κ1) is 24.5. The quantitative estimate of drug-likeness (QED) is 0.418. The Morgan fingerprint density at radius 3 is 2.35 bits per heavy atom. The van der Waals surface area contributed by atoms with Crippen molar-refractivity contribution in [1.29, 1.82) is 0 Å². The van der Waals surface area contributed by atoms with E-state index in [9.17, 15) is 14.7 Å². The van der Waals surface area contributed by atoms with Gasteiger partial charge in [0.2, 0.25) is 11.9 Å². The van der Waals surface area contributed by atoms with Gasteiger partial charge in [0.15, 0.2) is 0 Å². The van der Waals surface area contributed by atoms with Crippen molar-refractivity contribution in [1.82, 2.24) is 15.1 Å². The Kier molecular flexibility index (Phi) is 7.46. The van der Waals surface area contributed by atoms with E-state index in [1.165, 1.54) is 0 Å². The standard InChI is InChI=1S/C29H30N4O4/c34-20-26-28(36)31-29-30-25-14-13-24(16-23(25)19-33(26)29)37-15-7-12-27(35)32(17-21-8-3-1-4-9-21)18-22-10-5-2-6-11-22/h1-6,8-11,13-14,16,26,34H,7,12,15,17-20H2,(H,30,31,36). The molecule has 0 spiro atoms. The lowest BCUT2D eigenvalue weighted by Gasteiger charge is -2.27. The first-order chi connectivity index (χ1) is 18.1. The molecule has 3 aromatic rings. The SMILES string of the molecule is O=C1NC2=Nc3ccc(OCCCC(=O)N(Cc4ccccc4)Cc4ccccc4)cc3CN2C1CO. The zero-order chi connectivity index (χ0) is 25.6. The molecular formula is C29H30N4O4. The second-order valence-electron chi connectivity index (χ2n) is 9.21. The van der Waals surface area contributed by atoms with Crippen molar-refractivity contribution in [3.63, 3.8) is 0 Å². The number of hydrogen-bond donors (Lipinski definition) is 2. The molecule has 190 valence electrons. The van der Waals surface area contributed by atoms with Crippen molar-refractivity contribution in [2.45, 2.75) is 38.5 Å². The average molecular weight is 499 g/mol. The molecule has 8 nitrogen and oxygen atoms in total. The second-order valence-corrected chi connectivity index (χ2v) is 9.21. The molecule has 2 aliphatic rings. The van der Waals surface area contributed by atoms with E-state index in [1.807, 2.05) is 83.8 Å². The number of nitrogens with one attached hydrogen (secondary N) is 1. The summed E-state index contributed by atoms with van der Waals surface area (Å²) in [7, 11) is 0. The minimum absolute atomic E-state index is 0.0878. The number of rotatable bonds is 10. The lowest BCUT2D eigenvalue weighted by atomic mass is 10.1. The molecule has 3 aromatic carbocycles.